The van der Waals surface area contributed by atoms with E-state index in [0.29, 0.717) is 10.8 Å². The molecule has 1 aliphatic rings. The number of carbonyl (C=O) groups is 1. The van der Waals surface area contributed by atoms with E-state index in [2.05, 4.69) is 11.6 Å². The van der Waals surface area contributed by atoms with E-state index in [9.17, 15) is 13.2 Å². The average molecular weight is 327 g/mol. The summed E-state index contributed by atoms with van der Waals surface area (Å²) in [6.07, 6.45) is 2.85. The van der Waals surface area contributed by atoms with Gasteiger partial charge in [0.25, 0.3) is 0 Å². The lowest BCUT2D eigenvalue weighted by Gasteiger charge is -2.13. The van der Waals surface area contributed by atoms with Crippen molar-refractivity contribution in [3.63, 3.8) is 0 Å². The first-order chi connectivity index (χ1) is 9.92. The summed E-state index contributed by atoms with van der Waals surface area (Å²) >= 11 is 1.90. The Morgan fingerprint density at radius 1 is 1.29 bits per heavy atom. The topological polar surface area (TPSA) is 63.2 Å². The number of rotatable bonds is 6. The van der Waals surface area contributed by atoms with Crippen LogP contribution in [0.15, 0.2) is 29.2 Å². The second kappa shape index (κ2) is 6.94. The zero-order valence-corrected chi connectivity index (χ0v) is 14.0. The molecule has 2 unspecified atom stereocenters. The third-order valence-corrected chi connectivity index (χ3v) is 6.45. The molecule has 1 aromatic rings. The number of benzene rings is 1. The number of thioether (sulfide) groups is 1. The van der Waals surface area contributed by atoms with Gasteiger partial charge in [0.2, 0.25) is 10.0 Å². The van der Waals surface area contributed by atoms with E-state index in [1.54, 1.807) is 12.1 Å². The largest absolute Gasteiger partial charge is 0.295 e. The first-order valence-corrected chi connectivity index (χ1v) is 9.70. The van der Waals surface area contributed by atoms with Crippen LogP contribution in [0.3, 0.4) is 0 Å². The van der Waals surface area contributed by atoms with Crippen LogP contribution < -0.4 is 4.72 Å². The number of hydrogen-bond donors (Lipinski definition) is 1. The van der Waals surface area contributed by atoms with Crippen LogP contribution in [-0.4, -0.2) is 31.2 Å². The molecule has 21 heavy (non-hydrogen) atoms. The number of sulfonamides is 1. The van der Waals surface area contributed by atoms with Gasteiger partial charge in [-0.15, -0.1) is 0 Å². The summed E-state index contributed by atoms with van der Waals surface area (Å²) in [5, 5.41) is 0.558. The fourth-order valence-corrected chi connectivity index (χ4v) is 5.02. The third kappa shape index (κ3) is 4.31. The summed E-state index contributed by atoms with van der Waals surface area (Å²) in [6, 6.07) is 6.12. The maximum absolute atomic E-state index is 12.3. The fraction of sp³-hybridized carbons (Fsp3) is 0.533. The molecule has 2 rings (SSSR count). The van der Waals surface area contributed by atoms with Crippen LogP contribution in [-0.2, 0) is 10.0 Å². The summed E-state index contributed by atoms with van der Waals surface area (Å²) in [5.41, 5.74) is 0.522. The van der Waals surface area contributed by atoms with Crippen LogP contribution >= 0.6 is 11.8 Å². The summed E-state index contributed by atoms with van der Waals surface area (Å²) < 4.78 is 27.4. The second-order valence-corrected chi connectivity index (χ2v) is 8.58. The minimum atomic E-state index is -3.50. The Balaban J connectivity index is 2.03. The van der Waals surface area contributed by atoms with Gasteiger partial charge < -0.3 is 0 Å². The van der Waals surface area contributed by atoms with E-state index in [1.807, 2.05) is 11.8 Å². The van der Waals surface area contributed by atoms with Gasteiger partial charge in [-0.1, -0.05) is 19.1 Å². The Morgan fingerprint density at radius 2 is 1.95 bits per heavy atom. The standard InChI is InChI=1S/C15H21NO3S2/c1-3-20-14-7-6-13(10-14)16-21(18,19)15-8-4-12(5-9-15)11(2)17/h4-5,8-9,13-14,16H,3,6-7,10H2,1-2H3. The highest BCUT2D eigenvalue weighted by molar-refractivity contribution is 7.99. The Bertz CT molecular complexity index is 596. The fourth-order valence-electron chi connectivity index (χ4n) is 2.59. The van der Waals surface area contributed by atoms with Gasteiger partial charge in [-0.05, 0) is 44.1 Å². The molecule has 1 aromatic carbocycles. The Morgan fingerprint density at radius 3 is 2.52 bits per heavy atom. The molecule has 0 amide bonds. The SMILES string of the molecule is CCSC1CCC(NS(=O)(=O)c2ccc(C(C)=O)cc2)C1. The lowest BCUT2D eigenvalue weighted by Crippen LogP contribution is -2.33. The summed E-state index contributed by atoms with van der Waals surface area (Å²) in [4.78, 5) is 11.4. The molecule has 2 atom stereocenters. The molecule has 0 aromatic heterocycles. The van der Waals surface area contributed by atoms with Crippen LogP contribution in [0, 0.1) is 0 Å². The molecule has 0 radical (unpaired) electrons. The van der Waals surface area contributed by atoms with Crippen LogP contribution in [0.1, 0.15) is 43.5 Å². The molecule has 0 heterocycles. The highest BCUT2D eigenvalue weighted by atomic mass is 32.2. The predicted molar refractivity (Wildman–Crippen MR) is 86.3 cm³/mol. The normalized spacial score (nSPS) is 22.4. The maximum atomic E-state index is 12.3. The van der Waals surface area contributed by atoms with E-state index in [0.717, 1.165) is 25.0 Å². The van der Waals surface area contributed by atoms with Crippen LogP contribution in [0.25, 0.3) is 0 Å². The number of ketones is 1. The van der Waals surface area contributed by atoms with Crippen molar-refractivity contribution in [2.24, 2.45) is 0 Å². The zero-order valence-electron chi connectivity index (χ0n) is 12.3. The molecule has 1 aliphatic carbocycles. The summed E-state index contributed by atoms with van der Waals surface area (Å²) in [5.74, 6) is 0.999. The molecule has 6 heteroatoms. The van der Waals surface area contributed by atoms with Crippen molar-refractivity contribution >= 4 is 27.6 Å². The van der Waals surface area contributed by atoms with Gasteiger partial charge in [0.05, 0.1) is 4.90 Å². The van der Waals surface area contributed by atoms with Crippen molar-refractivity contribution in [1.82, 2.24) is 4.72 Å². The van der Waals surface area contributed by atoms with Gasteiger partial charge in [0, 0.05) is 16.9 Å². The number of carbonyl (C=O) groups excluding carboxylic acids is 1. The zero-order chi connectivity index (χ0) is 15.5. The van der Waals surface area contributed by atoms with E-state index in [1.165, 1.54) is 19.1 Å². The van der Waals surface area contributed by atoms with Gasteiger partial charge in [-0.2, -0.15) is 11.8 Å². The first-order valence-electron chi connectivity index (χ1n) is 7.17. The maximum Gasteiger partial charge on any atom is 0.240 e. The van der Waals surface area contributed by atoms with Crippen LogP contribution in [0.4, 0.5) is 0 Å². The molecule has 0 aliphatic heterocycles. The van der Waals surface area contributed by atoms with Crippen molar-refractivity contribution in [1.29, 1.82) is 0 Å². The minimum Gasteiger partial charge on any atom is -0.295 e. The molecule has 0 bridgehead atoms. The molecule has 0 spiro atoms. The number of nitrogens with one attached hydrogen (secondary N) is 1. The van der Waals surface area contributed by atoms with Crippen molar-refractivity contribution < 1.29 is 13.2 Å². The van der Waals surface area contributed by atoms with Gasteiger partial charge in [0.15, 0.2) is 5.78 Å². The highest BCUT2D eigenvalue weighted by Gasteiger charge is 2.28. The average Bonchev–Trinajstić information content (AvgIpc) is 2.86. The Kier molecular flexibility index (Phi) is 5.46. The molecule has 4 nitrogen and oxygen atoms in total. The van der Waals surface area contributed by atoms with Gasteiger partial charge in [-0.3, -0.25) is 4.79 Å². The monoisotopic (exact) mass is 327 g/mol. The lowest BCUT2D eigenvalue weighted by molar-refractivity contribution is 0.101. The van der Waals surface area contributed by atoms with Crippen LogP contribution in [0.5, 0.6) is 0 Å². The Labute approximate surface area is 130 Å². The van der Waals surface area contributed by atoms with Crippen molar-refractivity contribution in [3.8, 4) is 0 Å². The molecule has 1 fully saturated rings. The van der Waals surface area contributed by atoms with Crippen molar-refractivity contribution in [3.05, 3.63) is 29.8 Å². The van der Waals surface area contributed by atoms with E-state index in [4.69, 9.17) is 0 Å². The van der Waals surface area contributed by atoms with E-state index in [-0.39, 0.29) is 16.7 Å². The van der Waals surface area contributed by atoms with E-state index < -0.39 is 10.0 Å². The summed E-state index contributed by atoms with van der Waals surface area (Å²) in [6.45, 7) is 3.59. The molecule has 0 saturated heterocycles. The molecule has 1 saturated carbocycles. The van der Waals surface area contributed by atoms with E-state index >= 15 is 0 Å². The van der Waals surface area contributed by atoms with Gasteiger partial charge in [0.1, 0.15) is 0 Å². The quantitative estimate of drug-likeness (QED) is 0.816. The van der Waals surface area contributed by atoms with Crippen molar-refractivity contribution in [2.45, 2.75) is 49.3 Å². The van der Waals surface area contributed by atoms with Crippen LogP contribution in [0.2, 0.25) is 0 Å². The summed E-state index contributed by atoms with van der Waals surface area (Å²) in [7, 11) is -3.50. The number of hydrogen-bond acceptors (Lipinski definition) is 4. The second-order valence-electron chi connectivity index (χ2n) is 5.29. The smallest absolute Gasteiger partial charge is 0.240 e. The van der Waals surface area contributed by atoms with Gasteiger partial charge in [-0.25, -0.2) is 13.1 Å². The molecule has 1 N–H and O–H groups in total. The van der Waals surface area contributed by atoms with Gasteiger partial charge >= 0.3 is 0 Å². The highest BCUT2D eigenvalue weighted by Crippen LogP contribution is 2.30. The predicted octanol–water partition coefficient (Wildman–Crippen LogP) is 2.84. The molecular formula is C15H21NO3S2. The third-order valence-electron chi connectivity index (χ3n) is 3.68. The molecular weight excluding hydrogens is 306 g/mol. The van der Waals surface area contributed by atoms with Crippen molar-refractivity contribution in [2.75, 3.05) is 5.75 Å². The lowest BCUT2D eigenvalue weighted by atomic mass is 10.2. The first kappa shape index (κ1) is 16.5. The molecule has 116 valence electrons. The minimum absolute atomic E-state index is 0.0199. The number of Topliss-reactive ketones (excluding diaryl/α,β-unsaturated/α-hetero) is 1. The Hall–Kier alpha value is -0.850.